The number of esters is 1. The Labute approximate surface area is 66.5 Å². The maximum absolute atomic E-state index is 10.5. The summed E-state index contributed by atoms with van der Waals surface area (Å²) in [5.41, 5.74) is 0. The molecule has 1 aliphatic heterocycles. The number of carbonyl (C=O) groups excluding carboxylic acids is 1. The topological polar surface area (TPSA) is 46.5 Å². The van der Waals surface area contributed by atoms with Gasteiger partial charge in [-0.25, -0.2) is 4.79 Å². The predicted molar refractivity (Wildman–Crippen MR) is 39.4 cm³/mol. The smallest absolute Gasteiger partial charge is 0.336 e. The van der Waals surface area contributed by atoms with Crippen LogP contribution in [0, 0.1) is 0 Å². The zero-order chi connectivity index (χ0) is 7.02. The monoisotopic (exact) mass is 242 g/mol. The molecular weight excluding hydrogens is 235 g/mol. The van der Waals surface area contributed by atoms with Crippen molar-refractivity contribution >= 4 is 28.6 Å². The molecule has 4 heteroatoms. The molecular formula is C5H7IO3. The van der Waals surface area contributed by atoms with Crippen molar-refractivity contribution in [2.45, 2.75) is 23.1 Å². The van der Waals surface area contributed by atoms with Gasteiger partial charge in [-0.2, -0.15) is 0 Å². The van der Waals surface area contributed by atoms with Crippen LogP contribution in [0.25, 0.3) is 0 Å². The maximum Gasteiger partial charge on any atom is 0.336 e. The van der Waals surface area contributed by atoms with E-state index in [0.29, 0.717) is 0 Å². The third-order valence-corrected chi connectivity index (χ3v) is 2.99. The van der Waals surface area contributed by atoms with E-state index in [0.717, 1.165) is 0 Å². The molecule has 9 heavy (non-hydrogen) atoms. The van der Waals surface area contributed by atoms with Crippen molar-refractivity contribution in [2.24, 2.45) is 0 Å². The Bertz CT molecular complexity index is 136. The van der Waals surface area contributed by atoms with Crippen LogP contribution in [0.15, 0.2) is 0 Å². The van der Waals surface area contributed by atoms with E-state index >= 15 is 0 Å². The molecule has 0 bridgehead atoms. The molecule has 0 aromatic rings. The molecule has 1 fully saturated rings. The Hall–Kier alpha value is 0.160. The quantitative estimate of drug-likeness (QED) is 0.372. The highest BCUT2D eigenvalue weighted by Gasteiger charge is 2.38. The molecule has 0 amide bonds. The summed E-state index contributed by atoms with van der Waals surface area (Å²) in [6, 6.07) is 0. The summed E-state index contributed by atoms with van der Waals surface area (Å²) in [6.45, 7) is 1.77. The summed E-state index contributed by atoms with van der Waals surface area (Å²) < 4.78 is 4.60. The second kappa shape index (κ2) is 2.42. The molecule has 0 aliphatic carbocycles. The number of hydrogen-bond donors (Lipinski definition) is 1. The van der Waals surface area contributed by atoms with Gasteiger partial charge in [-0.1, -0.05) is 22.6 Å². The maximum atomic E-state index is 10.5. The Morgan fingerprint density at radius 3 is 2.44 bits per heavy atom. The van der Waals surface area contributed by atoms with Crippen LogP contribution in [0.2, 0.25) is 0 Å². The molecule has 0 unspecified atom stereocenters. The number of cyclic esters (lactones) is 1. The zero-order valence-electron chi connectivity index (χ0n) is 4.87. The van der Waals surface area contributed by atoms with E-state index < -0.39 is 12.1 Å². The minimum absolute atomic E-state index is 0.0879. The van der Waals surface area contributed by atoms with Gasteiger partial charge in [0.2, 0.25) is 0 Å². The summed E-state index contributed by atoms with van der Waals surface area (Å²) in [6.07, 6.45) is -1.06. The van der Waals surface area contributed by atoms with Gasteiger partial charge in [-0.3, -0.25) is 0 Å². The third-order valence-electron chi connectivity index (χ3n) is 1.29. The minimum atomic E-state index is -0.916. The summed E-state index contributed by atoms with van der Waals surface area (Å²) in [5.74, 6) is -0.498. The third kappa shape index (κ3) is 1.19. The first kappa shape index (κ1) is 7.27. The van der Waals surface area contributed by atoms with Gasteiger partial charge >= 0.3 is 5.97 Å². The molecule has 0 aromatic heterocycles. The Morgan fingerprint density at radius 2 is 2.33 bits per heavy atom. The van der Waals surface area contributed by atoms with Crippen LogP contribution < -0.4 is 0 Å². The second-order valence-corrected chi connectivity index (χ2v) is 3.47. The largest absolute Gasteiger partial charge is 0.459 e. The lowest BCUT2D eigenvalue weighted by Crippen LogP contribution is -2.23. The van der Waals surface area contributed by atoms with Crippen molar-refractivity contribution < 1.29 is 14.6 Å². The zero-order valence-corrected chi connectivity index (χ0v) is 7.03. The lowest BCUT2D eigenvalue weighted by molar-refractivity contribution is -0.146. The average molecular weight is 242 g/mol. The SMILES string of the molecule is C[C@@H]1OC(=O)[C@@H](O)[C@H]1I. The highest BCUT2D eigenvalue weighted by Crippen LogP contribution is 2.22. The van der Waals surface area contributed by atoms with Gasteiger partial charge in [0.25, 0.3) is 0 Å². The Balaban J connectivity index is 2.65. The van der Waals surface area contributed by atoms with Gasteiger partial charge in [-0.15, -0.1) is 0 Å². The molecule has 0 spiro atoms. The first-order valence-corrected chi connectivity index (χ1v) is 3.90. The molecule has 52 valence electrons. The molecule has 1 aliphatic rings. The number of aliphatic hydroxyl groups is 1. The number of halogens is 1. The number of ether oxygens (including phenoxy) is 1. The van der Waals surface area contributed by atoms with Crippen LogP contribution in [-0.4, -0.2) is 27.2 Å². The van der Waals surface area contributed by atoms with Gasteiger partial charge in [-0.05, 0) is 6.92 Å². The van der Waals surface area contributed by atoms with Gasteiger partial charge in [0, 0.05) is 0 Å². The van der Waals surface area contributed by atoms with Crippen LogP contribution in [-0.2, 0) is 9.53 Å². The number of rotatable bonds is 0. The molecule has 1 heterocycles. The van der Waals surface area contributed by atoms with Gasteiger partial charge < -0.3 is 9.84 Å². The van der Waals surface area contributed by atoms with Crippen LogP contribution in [0.5, 0.6) is 0 Å². The predicted octanol–water partition coefficient (Wildman–Crippen LogP) is 0.0962. The average Bonchev–Trinajstić information content (AvgIpc) is 1.98. The van der Waals surface area contributed by atoms with Gasteiger partial charge in [0.15, 0.2) is 6.10 Å². The number of hydrogen-bond acceptors (Lipinski definition) is 3. The van der Waals surface area contributed by atoms with E-state index in [4.69, 9.17) is 5.11 Å². The highest BCUT2D eigenvalue weighted by atomic mass is 127. The van der Waals surface area contributed by atoms with Crippen LogP contribution in [0.3, 0.4) is 0 Å². The lowest BCUT2D eigenvalue weighted by Gasteiger charge is -2.03. The normalized spacial score (nSPS) is 43.0. The number of aliphatic hydroxyl groups excluding tert-OH is 1. The van der Waals surface area contributed by atoms with E-state index in [1.165, 1.54) is 0 Å². The summed E-state index contributed by atoms with van der Waals surface area (Å²) in [5, 5.41) is 8.95. The summed E-state index contributed by atoms with van der Waals surface area (Å²) in [7, 11) is 0. The van der Waals surface area contributed by atoms with Crippen molar-refractivity contribution in [3.63, 3.8) is 0 Å². The number of alkyl halides is 1. The first-order chi connectivity index (χ1) is 4.13. The molecule has 0 saturated carbocycles. The molecule has 1 saturated heterocycles. The van der Waals surface area contributed by atoms with Crippen molar-refractivity contribution in [2.75, 3.05) is 0 Å². The molecule has 3 atom stereocenters. The molecule has 1 rings (SSSR count). The molecule has 1 N–H and O–H groups in total. The molecule has 0 radical (unpaired) electrons. The minimum Gasteiger partial charge on any atom is -0.459 e. The Kier molecular flexibility index (Phi) is 1.95. The van der Waals surface area contributed by atoms with Crippen molar-refractivity contribution in [1.29, 1.82) is 0 Å². The first-order valence-electron chi connectivity index (χ1n) is 2.65. The number of carbonyl (C=O) groups is 1. The summed E-state index contributed by atoms with van der Waals surface area (Å²) >= 11 is 2.00. The van der Waals surface area contributed by atoms with Crippen LogP contribution in [0.1, 0.15) is 6.92 Å². The molecule has 3 nitrogen and oxygen atoms in total. The van der Waals surface area contributed by atoms with Crippen molar-refractivity contribution in [3.05, 3.63) is 0 Å². The summed E-state index contributed by atoms with van der Waals surface area (Å²) in [4.78, 5) is 10.5. The fraction of sp³-hybridized carbons (Fsp3) is 0.800. The van der Waals surface area contributed by atoms with Crippen LogP contribution in [0.4, 0.5) is 0 Å². The van der Waals surface area contributed by atoms with E-state index in [-0.39, 0.29) is 10.0 Å². The fourth-order valence-electron chi connectivity index (χ4n) is 0.705. The van der Waals surface area contributed by atoms with Crippen LogP contribution >= 0.6 is 22.6 Å². The van der Waals surface area contributed by atoms with E-state index in [9.17, 15) is 4.79 Å². The molecule has 0 aromatic carbocycles. The lowest BCUT2D eigenvalue weighted by atomic mass is 10.2. The van der Waals surface area contributed by atoms with E-state index in [1.54, 1.807) is 6.92 Å². The van der Waals surface area contributed by atoms with E-state index in [2.05, 4.69) is 4.74 Å². The second-order valence-electron chi connectivity index (χ2n) is 2.03. The van der Waals surface area contributed by atoms with Gasteiger partial charge in [0.05, 0.1) is 3.92 Å². The standard InChI is InChI=1S/C5H7IO3/c1-2-3(6)4(7)5(8)9-2/h2-4,7H,1H3/t2-,3-,4-/m0/s1. The van der Waals surface area contributed by atoms with E-state index in [1.807, 2.05) is 22.6 Å². The highest BCUT2D eigenvalue weighted by molar-refractivity contribution is 14.1. The van der Waals surface area contributed by atoms with Crippen molar-refractivity contribution in [3.8, 4) is 0 Å². The van der Waals surface area contributed by atoms with Gasteiger partial charge in [0.1, 0.15) is 6.10 Å². The fourth-order valence-corrected chi connectivity index (χ4v) is 1.15. The Morgan fingerprint density at radius 1 is 1.78 bits per heavy atom. The van der Waals surface area contributed by atoms with Crippen molar-refractivity contribution in [1.82, 2.24) is 0 Å².